The molecular weight excluding hydrogens is 94.1 g/mol. The van der Waals surface area contributed by atoms with Crippen LogP contribution in [0, 0.1) is 6.20 Å². The first-order chi connectivity index (χ1) is 3.00. The summed E-state index contributed by atoms with van der Waals surface area (Å²) in [6.45, 7) is 0. The molecule has 0 atom stereocenters. The van der Waals surface area contributed by atoms with Crippen molar-refractivity contribution in [2.75, 3.05) is 0 Å². The molecule has 0 amide bonds. The molecule has 0 aromatic rings. The summed E-state index contributed by atoms with van der Waals surface area (Å²) in [5.41, 5.74) is 0. The Morgan fingerprint density at radius 3 is 2.83 bits per heavy atom. The van der Waals surface area contributed by atoms with Crippen LogP contribution in [0.25, 0.3) is 0 Å². The normalized spacial score (nSPS) is 17.3. The van der Waals surface area contributed by atoms with E-state index in [1.54, 1.807) is 0 Å². The van der Waals surface area contributed by atoms with E-state index in [0.717, 1.165) is 0 Å². The maximum Gasteiger partial charge on any atom is 0.0686 e. The van der Waals surface area contributed by atoms with Gasteiger partial charge < -0.3 is 4.72 Å². The summed E-state index contributed by atoms with van der Waals surface area (Å²) in [6, 6.07) is 0. The van der Waals surface area contributed by atoms with Crippen LogP contribution in [0.2, 0.25) is 0 Å². The second-order valence-corrected chi connectivity index (χ2v) is 1.57. The molecule has 0 aromatic carbocycles. The number of nitrogens with one attached hydrogen (secondary N) is 1. The molecule has 1 aliphatic rings. The van der Waals surface area contributed by atoms with Crippen molar-refractivity contribution in [2.24, 2.45) is 0 Å². The zero-order valence-electron chi connectivity index (χ0n) is 3.14. The molecule has 0 spiro atoms. The maximum atomic E-state index is 2.81. The Kier molecular flexibility index (Phi) is 1.22. The number of allylic oxidation sites excluding steroid dienone is 2. The van der Waals surface area contributed by atoms with Crippen LogP contribution in [0.4, 0.5) is 0 Å². The Bertz CT molecular complexity index is 73.5. The lowest BCUT2D eigenvalue weighted by Gasteiger charge is -1.91. The molecule has 0 aliphatic carbocycles. The van der Waals surface area contributed by atoms with E-state index in [1.165, 1.54) is 11.9 Å². The summed E-state index contributed by atoms with van der Waals surface area (Å²) in [5, 5.41) is 1.95. The predicted molar refractivity (Wildman–Crippen MR) is 27.7 cm³/mol. The minimum absolute atomic E-state index is 1.52. The van der Waals surface area contributed by atoms with Gasteiger partial charge in [0.2, 0.25) is 0 Å². The summed E-state index contributed by atoms with van der Waals surface area (Å²) in [6.07, 6.45) is 6.55. The molecule has 0 saturated heterocycles. The highest BCUT2D eigenvalue weighted by Gasteiger charge is 1.75. The Morgan fingerprint density at radius 1 is 1.67 bits per heavy atom. The van der Waals surface area contributed by atoms with E-state index in [9.17, 15) is 0 Å². The molecule has 31 valence electrons. The highest BCUT2D eigenvalue weighted by Crippen LogP contribution is 1.98. The van der Waals surface area contributed by atoms with E-state index in [0.29, 0.717) is 0 Å². The summed E-state index contributed by atoms with van der Waals surface area (Å²) in [7, 11) is 0. The molecule has 0 bridgehead atoms. The van der Waals surface area contributed by atoms with Gasteiger partial charge in [-0.15, -0.1) is 0 Å². The number of rotatable bonds is 0. The third-order valence-electron chi connectivity index (χ3n) is 0.444. The zero-order chi connectivity index (χ0) is 4.24. The van der Waals surface area contributed by atoms with Gasteiger partial charge in [0.1, 0.15) is 0 Å². The minimum atomic E-state index is 1.52. The topological polar surface area (TPSA) is 12.0 Å². The molecule has 1 rings (SSSR count). The van der Waals surface area contributed by atoms with Crippen LogP contribution in [-0.4, -0.2) is 0 Å². The third-order valence-corrected chi connectivity index (χ3v) is 0.973. The van der Waals surface area contributed by atoms with Crippen molar-refractivity contribution in [1.82, 2.24) is 4.72 Å². The van der Waals surface area contributed by atoms with Crippen LogP contribution in [-0.2, 0) is 0 Å². The van der Waals surface area contributed by atoms with Crippen molar-refractivity contribution < 1.29 is 0 Å². The van der Waals surface area contributed by atoms with Gasteiger partial charge in [0, 0.05) is 0 Å². The zero-order valence-corrected chi connectivity index (χ0v) is 3.96. The van der Waals surface area contributed by atoms with Gasteiger partial charge in [0.25, 0.3) is 0 Å². The lowest BCUT2D eigenvalue weighted by molar-refractivity contribution is 1.35. The van der Waals surface area contributed by atoms with E-state index in [1.807, 2.05) is 17.6 Å². The quantitative estimate of drug-likeness (QED) is 0.455. The molecule has 1 N–H and O–H groups in total. The van der Waals surface area contributed by atoms with Gasteiger partial charge >= 0.3 is 0 Å². The molecule has 2 heteroatoms. The van der Waals surface area contributed by atoms with Crippen molar-refractivity contribution in [2.45, 2.75) is 0 Å². The molecule has 1 aliphatic heterocycles. The summed E-state index contributed by atoms with van der Waals surface area (Å²) < 4.78 is 2.81. The summed E-state index contributed by atoms with van der Waals surface area (Å²) >= 11 is 1.52. The molecule has 1 nitrogen and oxygen atoms in total. The predicted octanol–water partition coefficient (Wildman–Crippen LogP) is 1.07. The third kappa shape index (κ3) is 0.792. The van der Waals surface area contributed by atoms with E-state index < -0.39 is 0 Å². The van der Waals surface area contributed by atoms with Gasteiger partial charge in [0.15, 0.2) is 0 Å². The molecule has 0 aromatic heterocycles. The maximum absolute atomic E-state index is 2.81. The van der Waals surface area contributed by atoms with Gasteiger partial charge in [-0.25, -0.2) is 0 Å². The first kappa shape index (κ1) is 3.81. The van der Waals surface area contributed by atoms with Crippen LogP contribution >= 0.6 is 11.9 Å². The Morgan fingerprint density at radius 2 is 2.67 bits per heavy atom. The van der Waals surface area contributed by atoms with Crippen LogP contribution in [0.1, 0.15) is 0 Å². The smallest absolute Gasteiger partial charge is 0.0686 e. The van der Waals surface area contributed by atoms with Gasteiger partial charge in [-0.2, -0.15) is 0 Å². The molecule has 0 saturated carbocycles. The average Bonchev–Trinajstić information content (AvgIpc) is 1.72. The van der Waals surface area contributed by atoms with Gasteiger partial charge in [0.05, 0.1) is 6.20 Å². The van der Waals surface area contributed by atoms with Crippen LogP contribution in [0.5, 0.6) is 0 Å². The molecule has 6 heavy (non-hydrogen) atoms. The molecule has 1 radical (unpaired) electrons. The monoisotopic (exact) mass is 98.0 g/mol. The SMILES string of the molecule is [C]1=CC=CSN1. The van der Waals surface area contributed by atoms with Crippen molar-refractivity contribution in [3.05, 3.63) is 23.8 Å². The largest absolute Gasteiger partial charge is 0.324 e. The molecule has 1 heterocycles. The summed E-state index contributed by atoms with van der Waals surface area (Å²) in [5.74, 6) is 0. The highest BCUT2D eigenvalue weighted by atomic mass is 32.2. The second-order valence-electron chi connectivity index (χ2n) is 0.859. The van der Waals surface area contributed by atoms with Crippen molar-refractivity contribution in [3.8, 4) is 0 Å². The van der Waals surface area contributed by atoms with Gasteiger partial charge in [-0.3, -0.25) is 0 Å². The summed E-state index contributed by atoms with van der Waals surface area (Å²) in [4.78, 5) is 0. The highest BCUT2D eigenvalue weighted by molar-refractivity contribution is 8.00. The molecule has 0 fully saturated rings. The van der Waals surface area contributed by atoms with Gasteiger partial charge in [-0.1, -0.05) is 6.08 Å². The van der Waals surface area contributed by atoms with Crippen molar-refractivity contribution in [3.63, 3.8) is 0 Å². The van der Waals surface area contributed by atoms with Crippen LogP contribution < -0.4 is 4.72 Å². The first-order valence-electron chi connectivity index (χ1n) is 1.65. The van der Waals surface area contributed by atoms with Crippen molar-refractivity contribution >= 4 is 11.9 Å². The Hall–Kier alpha value is -0.370. The fraction of sp³-hybridized carbons (Fsp3) is 0. The van der Waals surface area contributed by atoms with E-state index >= 15 is 0 Å². The first-order valence-corrected chi connectivity index (χ1v) is 2.52. The Balaban J connectivity index is 2.46. The van der Waals surface area contributed by atoms with Crippen molar-refractivity contribution in [1.29, 1.82) is 0 Å². The second kappa shape index (κ2) is 1.92. The van der Waals surface area contributed by atoms with Crippen LogP contribution in [0.3, 0.4) is 0 Å². The Labute approximate surface area is 41.3 Å². The minimum Gasteiger partial charge on any atom is -0.324 e. The van der Waals surface area contributed by atoms with Gasteiger partial charge in [-0.05, 0) is 23.4 Å². The average molecular weight is 98.2 g/mol. The lowest BCUT2D eigenvalue weighted by atomic mass is 10.6. The van der Waals surface area contributed by atoms with E-state index in [4.69, 9.17) is 0 Å². The van der Waals surface area contributed by atoms with E-state index in [2.05, 4.69) is 10.9 Å². The number of hydrogen-bond donors (Lipinski definition) is 1. The fourth-order valence-corrected chi connectivity index (χ4v) is 0.590. The van der Waals surface area contributed by atoms with E-state index in [-0.39, 0.29) is 0 Å². The lowest BCUT2D eigenvalue weighted by Crippen LogP contribution is -1.89. The fourth-order valence-electron chi connectivity index (χ4n) is 0.229. The number of hydrogen-bond acceptors (Lipinski definition) is 2. The molecule has 0 unspecified atom stereocenters. The standard InChI is InChI=1S/C4H4NS/c1-2-4-6-5-3-1/h1-2,4-5H. The molecular formula is C4H4NS. The van der Waals surface area contributed by atoms with Crippen LogP contribution in [0.15, 0.2) is 17.6 Å².